The Kier molecular flexibility index (Phi) is 4.30. The standard InChI is InChI=1S/C21H15FN2O3/c22-17-4-2-1-3-15(17)12-27-16-8-5-13(6-9-16)20-23-18-10-7-14(21(25)26)11-19(18)24-20/h1-11H,12H2,(H,23,24)(H,25,26). The van der Waals surface area contributed by atoms with Crippen LogP contribution in [0.15, 0.2) is 66.7 Å². The Balaban J connectivity index is 1.52. The lowest BCUT2D eigenvalue weighted by Crippen LogP contribution is -1.98. The van der Waals surface area contributed by atoms with E-state index < -0.39 is 5.97 Å². The Morgan fingerprint density at radius 1 is 1.07 bits per heavy atom. The molecular formula is C21H15FN2O3. The van der Waals surface area contributed by atoms with Gasteiger partial charge in [-0.25, -0.2) is 14.2 Å². The van der Waals surface area contributed by atoms with E-state index >= 15 is 0 Å². The minimum absolute atomic E-state index is 0.147. The third-order valence-corrected chi connectivity index (χ3v) is 4.21. The van der Waals surface area contributed by atoms with E-state index in [1.165, 1.54) is 12.1 Å². The van der Waals surface area contributed by atoms with Crippen molar-refractivity contribution in [2.75, 3.05) is 0 Å². The molecule has 4 aromatic rings. The molecule has 27 heavy (non-hydrogen) atoms. The number of carboxylic acid groups (broad SMARTS) is 1. The van der Waals surface area contributed by atoms with Gasteiger partial charge in [0.1, 0.15) is 24.0 Å². The molecule has 2 N–H and O–H groups in total. The lowest BCUT2D eigenvalue weighted by molar-refractivity contribution is 0.0697. The number of carbonyl (C=O) groups is 1. The molecule has 5 nitrogen and oxygen atoms in total. The number of nitrogens with one attached hydrogen (secondary N) is 1. The number of carboxylic acids is 1. The number of hydrogen-bond donors (Lipinski definition) is 2. The molecule has 4 rings (SSSR count). The quantitative estimate of drug-likeness (QED) is 0.542. The molecule has 0 unspecified atom stereocenters. The van der Waals surface area contributed by atoms with Crippen LogP contribution in [0.2, 0.25) is 0 Å². The minimum atomic E-state index is -0.982. The van der Waals surface area contributed by atoms with Gasteiger partial charge in [-0.1, -0.05) is 18.2 Å². The van der Waals surface area contributed by atoms with E-state index in [0.717, 1.165) is 5.56 Å². The Morgan fingerprint density at radius 3 is 2.59 bits per heavy atom. The van der Waals surface area contributed by atoms with E-state index in [9.17, 15) is 9.18 Å². The van der Waals surface area contributed by atoms with Gasteiger partial charge in [-0.2, -0.15) is 0 Å². The molecule has 0 saturated heterocycles. The van der Waals surface area contributed by atoms with Gasteiger partial charge in [0.2, 0.25) is 0 Å². The summed E-state index contributed by atoms with van der Waals surface area (Å²) in [5.74, 6) is -0.0269. The number of benzene rings is 3. The molecule has 0 fully saturated rings. The molecule has 0 saturated carbocycles. The zero-order chi connectivity index (χ0) is 18.8. The normalized spacial score (nSPS) is 10.9. The maximum atomic E-state index is 13.6. The topological polar surface area (TPSA) is 75.2 Å². The second-order valence-corrected chi connectivity index (χ2v) is 6.03. The number of nitrogens with zero attached hydrogens (tertiary/aromatic N) is 1. The number of fused-ring (bicyclic) bond motifs is 1. The Morgan fingerprint density at radius 2 is 1.85 bits per heavy atom. The van der Waals surface area contributed by atoms with Gasteiger partial charge in [-0.15, -0.1) is 0 Å². The van der Waals surface area contributed by atoms with Gasteiger partial charge >= 0.3 is 5.97 Å². The van der Waals surface area contributed by atoms with Gasteiger partial charge in [0.25, 0.3) is 0 Å². The number of aromatic nitrogens is 2. The van der Waals surface area contributed by atoms with E-state index in [0.29, 0.717) is 28.2 Å². The maximum Gasteiger partial charge on any atom is 0.335 e. The van der Waals surface area contributed by atoms with E-state index in [2.05, 4.69) is 9.97 Å². The molecule has 0 spiro atoms. The molecule has 0 amide bonds. The van der Waals surface area contributed by atoms with Crippen LogP contribution >= 0.6 is 0 Å². The molecule has 0 aliphatic carbocycles. The van der Waals surface area contributed by atoms with Crippen LogP contribution in [0.1, 0.15) is 15.9 Å². The summed E-state index contributed by atoms with van der Waals surface area (Å²) >= 11 is 0. The summed E-state index contributed by atoms with van der Waals surface area (Å²) in [6, 6.07) is 18.5. The van der Waals surface area contributed by atoms with Crippen LogP contribution in [-0.2, 0) is 6.61 Å². The first-order valence-electron chi connectivity index (χ1n) is 8.30. The molecule has 134 valence electrons. The highest BCUT2D eigenvalue weighted by Gasteiger charge is 2.09. The Bertz CT molecular complexity index is 1120. The van der Waals surface area contributed by atoms with Crippen molar-refractivity contribution in [3.05, 3.63) is 83.7 Å². The summed E-state index contributed by atoms with van der Waals surface area (Å²) in [7, 11) is 0. The summed E-state index contributed by atoms with van der Waals surface area (Å²) < 4.78 is 19.3. The molecule has 1 heterocycles. The molecule has 0 aliphatic rings. The van der Waals surface area contributed by atoms with Crippen molar-refractivity contribution in [3.63, 3.8) is 0 Å². The number of ether oxygens (including phenoxy) is 1. The average Bonchev–Trinajstić information content (AvgIpc) is 3.11. The zero-order valence-corrected chi connectivity index (χ0v) is 14.1. The first kappa shape index (κ1) is 16.8. The maximum absolute atomic E-state index is 13.6. The monoisotopic (exact) mass is 362 g/mol. The van der Waals surface area contributed by atoms with Gasteiger partial charge in [0.05, 0.1) is 16.6 Å². The number of imidazole rings is 1. The second kappa shape index (κ2) is 6.92. The molecule has 6 heteroatoms. The van der Waals surface area contributed by atoms with Crippen molar-refractivity contribution in [3.8, 4) is 17.1 Å². The highest BCUT2D eigenvalue weighted by atomic mass is 19.1. The van der Waals surface area contributed by atoms with E-state index in [-0.39, 0.29) is 18.0 Å². The summed E-state index contributed by atoms with van der Waals surface area (Å²) in [5.41, 5.74) is 2.88. The van der Waals surface area contributed by atoms with Crippen LogP contribution in [0, 0.1) is 5.82 Å². The lowest BCUT2D eigenvalue weighted by Gasteiger charge is -2.07. The van der Waals surface area contributed by atoms with E-state index in [1.807, 2.05) is 12.1 Å². The number of aromatic amines is 1. The van der Waals surface area contributed by atoms with Crippen LogP contribution in [-0.4, -0.2) is 21.0 Å². The molecule has 0 radical (unpaired) electrons. The van der Waals surface area contributed by atoms with Gasteiger partial charge in [0.15, 0.2) is 0 Å². The van der Waals surface area contributed by atoms with Crippen LogP contribution in [0.5, 0.6) is 5.75 Å². The highest BCUT2D eigenvalue weighted by Crippen LogP contribution is 2.24. The molecule has 0 atom stereocenters. The summed E-state index contributed by atoms with van der Waals surface area (Å²) in [4.78, 5) is 18.7. The van der Waals surface area contributed by atoms with Crippen molar-refractivity contribution < 1.29 is 19.0 Å². The fourth-order valence-electron chi connectivity index (χ4n) is 2.76. The summed E-state index contributed by atoms with van der Waals surface area (Å²) in [6.07, 6.45) is 0. The molecule has 0 aliphatic heterocycles. The summed E-state index contributed by atoms with van der Waals surface area (Å²) in [6.45, 7) is 0.147. The molecular weight excluding hydrogens is 347 g/mol. The van der Waals surface area contributed by atoms with Crippen LogP contribution in [0.3, 0.4) is 0 Å². The molecule has 3 aromatic carbocycles. The van der Waals surface area contributed by atoms with Crippen molar-refractivity contribution in [2.45, 2.75) is 6.61 Å². The predicted octanol–water partition coefficient (Wildman–Crippen LogP) is 4.65. The van der Waals surface area contributed by atoms with Crippen molar-refractivity contribution in [1.29, 1.82) is 0 Å². The Labute approximate surface area is 154 Å². The largest absolute Gasteiger partial charge is 0.489 e. The van der Waals surface area contributed by atoms with E-state index in [1.54, 1.807) is 42.5 Å². The zero-order valence-electron chi connectivity index (χ0n) is 14.1. The smallest absolute Gasteiger partial charge is 0.335 e. The van der Waals surface area contributed by atoms with Crippen LogP contribution in [0.25, 0.3) is 22.4 Å². The average molecular weight is 362 g/mol. The fourth-order valence-corrected chi connectivity index (χ4v) is 2.76. The first-order valence-corrected chi connectivity index (χ1v) is 8.30. The van der Waals surface area contributed by atoms with Crippen molar-refractivity contribution in [1.82, 2.24) is 9.97 Å². The number of H-pyrrole nitrogens is 1. The van der Waals surface area contributed by atoms with Gasteiger partial charge in [0, 0.05) is 11.1 Å². The highest BCUT2D eigenvalue weighted by molar-refractivity contribution is 5.93. The van der Waals surface area contributed by atoms with Crippen molar-refractivity contribution >= 4 is 17.0 Å². The third-order valence-electron chi connectivity index (χ3n) is 4.21. The minimum Gasteiger partial charge on any atom is -0.489 e. The second-order valence-electron chi connectivity index (χ2n) is 6.03. The van der Waals surface area contributed by atoms with Crippen molar-refractivity contribution in [2.24, 2.45) is 0 Å². The lowest BCUT2D eigenvalue weighted by atomic mass is 10.2. The first-order chi connectivity index (χ1) is 13.1. The number of aromatic carboxylic acids is 1. The van der Waals surface area contributed by atoms with Gasteiger partial charge in [-0.05, 0) is 48.5 Å². The third kappa shape index (κ3) is 3.50. The van der Waals surface area contributed by atoms with Crippen LogP contribution in [0.4, 0.5) is 4.39 Å². The summed E-state index contributed by atoms with van der Waals surface area (Å²) in [5, 5.41) is 9.08. The SMILES string of the molecule is O=C(O)c1ccc2nc(-c3ccc(OCc4ccccc4F)cc3)[nH]c2c1. The van der Waals surface area contributed by atoms with Gasteiger partial charge in [-0.3, -0.25) is 0 Å². The van der Waals surface area contributed by atoms with Crippen LogP contribution < -0.4 is 4.74 Å². The fraction of sp³-hybridized carbons (Fsp3) is 0.0476. The van der Waals surface area contributed by atoms with E-state index in [4.69, 9.17) is 9.84 Å². The Hall–Kier alpha value is -3.67. The molecule has 0 bridgehead atoms. The van der Waals surface area contributed by atoms with Gasteiger partial charge < -0.3 is 14.8 Å². The predicted molar refractivity (Wildman–Crippen MR) is 99.2 cm³/mol. The number of rotatable bonds is 5. The number of halogens is 1. The number of hydrogen-bond acceptors (Lipinski definition) is 3. The molecule has 1 aromatic heterocycles.